The lowest BCUT2D eigenvalue weighted by molar-refractivity contribution is -0.129. The van der Waals surface area contributed by atoms with Crippen molar-refractivity contribution in [2.24, 2.45) is 0 Å². The van der Waals surface area contributed by atoms with Crippen LogP contribution in [0.1, 0.15) is 29.9 Å². The molecule has 1 aromatic heterocycles. The maximum Gasteiger partial charge on any atom is 0.268 e. The Kier molecular flexibility index (Phi) is 4.66. The second-order valence-corrected chi connectivity index (χ2v) is 6.43. The van der Waals surface area contributed by atoms with Gasteiger partial charge in [0, 0.05) is 26.2 Å². The molecule has 1 saturated heterocycles. The smallest absolute Gasteiger partial charge is 0.268 e. The minimum Gasteiger partial charge on any atom is -0.382 e. The Bertz CT molecular complexity index is 543. The Morgan fingerprint density at radius 2 is 2.14 bits per heavy atom. The summed E-state index contributed by atoms with van der Waals surface area (Å²) in [5.74, 6) is -0.0480. The minimum absolute atomic E-state index is 0.0514. The van der Waals surface area contributed by atoms with E-state index in [-0.39, 0.29) is 30.2 Å². The summed E-state index contributed by atoms with van der Waals surface area (Å²) >= 11 is 1.24. The molecule has 2 heterocycles. The van der Waals surface area contributed by atoms with E-state index in [2.05, 4.69) is 10.3 Å². The second kappa shape index (κ2) is 6.30. The van der Waals surface area contributed by atoms with Crippen LogP contribution in [0.25, 0.3) is 0 Å². The third-order valence-electron chi connectivity index (χ3n) is 3.22. The Hall–Kier alpha value is -1.83. The zero-order valence-corrected chi connectivity index (χ0v) is 13.4. The van der Waals surface area contributed by atoms with Gasteiger partial charge in [-0.25, -0.2) is 4.98 Å². The quantitative estimate of drug-likeness (QED) is 0.863. The fourth-order valence-corrected chi connectivity index (χ4v) is 3.10. The molecule has 2 rings (SSSR count). The average Bonchev–Trinajstić information content (AvgIpc) is 2.66. The van der Waals surface area contributed by atoms with Crippen LogP contribution in [0.3, 0.4) is 0 Å². The van der Waals surface area contributed by atoms with Gasteiger partial charge in [-0.2, -0.15) is 0 Å². The van der Waals surface area contributed by atoms with Gasteiger partial charge in [0.1, 0.15) is 17.2 Å². The van der Waals surface area contributed by atoms with Gasteiger partial charge >= 0.3 is 0 Å². The summed E-state index contributed by atoms with van der Waals surface area (Å²) in [6.45, 7) is 5.30. The fraction of sp³-hybridized carbons (Fsp3) is 0.615. The second-order valence-electron chi connectivity index (χ2n) is 5.43. The molecule has 1 aliphatic rings. The summed E-state index contributed by atoms with van der Waals surface area (Å²) in [6.07, 6.45) is 0.768. The van der Waals surface area contributed by atoms with Crippen molar-refractivity contribution in [3.05, 3.63) is 4.88 Å². The number of nitrogen functional groups attached to an aromatic ring is 1. The lowest BCUT2D eigenvalue weighted by Crippen LogP contribution is -2.37. The number of aromatic nitrogens is 1. The van der Waals surface area contributed by atoms with Crippen molar-refractivity contribution in [1.29, 1.82) is 0 Å². The van der Waals surface area contributed by atoms with Crippen LogP contribution in [-0.2, 0) is 4.79 Å². The van der Waals surface area contributed by atoms with Crippen molar-refractivity contribution in [3.8, 4) is 0 Å². The van der Waals surface area contributed by atoms with Crippen LogP contribution < -0.4 is 11.1 Å². The number of nitrogens with two attached hydrogens (primary N) is 1. The summed E-state index contributed by atoms with van der Waals surface area (Å²) in [5, 5.41) is 3.76. The lowest BCUT2D eigenvalue weighted by Gasteiger charge is -2.18. The maximum atomic E-state index is 12.5. The van der Waals surface area contributed by atoms with Crippen LogP contribution in [0.5, 0.6) is 0 Å². The molecular formula is C13H21N5O2S. The molecule has 1 aromatic rings. The van der Waals surface area contributed by atoms with Crippen LogP contribution in [0.2, 0.25) is 0 Å². The highest BCUT2D eigenvalue weighted by Crippen LogP contribution is 2.27. The Labute approximate surface area is 128 Å². The van der Waals surface area contributed by atoms with E-state index >= 15 is 0 Å². The number of thiazole rings is 1. The van der Waals surface area contributed by atoms with Gasteiger partial charge in [-0.05, 0) is 20.3 Å². The van der Waals surface area contributed by atoms with E-state index < -0.39 is 0 Å². The summed E-state index contributed by atoms with van der Waals surface area (Å²) in [5.41, 5.74) is 5.84. The van der Waals surface area contributed by atoms with E-state index in [1.54, 1.807) is 16.8 Å². The molecule has 0 radical (unpaired) electrons. The topological polar surface area (TPSA) is 91.6 Å². The first-order valence-electron chi connectivity index (χ1n) is 6.94. The highest BCUT2D eigenvalue weighted by atomic mass is 32.1. The summed E-state index contributed by atoms with van der Waals surface area (Å²) in [4.78, 5) is 32.2. The van der Waals surface area contributed by atoms with Gasteiger partial charge in [-0.3, -0.25) is 9.59 Å². The highest BCUT2D eigenvalue weighted by Gasteiger charge is 2.27. The third kappa shape index (κ3) is 3.63. The molecule has 1 aliphatic heterocycles. The van der Waals surface area contributed by atoms with E-state index in [0.717, 1.165) is 6.42 Å². The average molecular weight is 311 g/mol. The Balaban J connectivity index is 2.15. The maximum absolute atomic E-state index is 12.5. The molecule has 8 heteroatoms. The number of amides is 2. The number of nitrogens with one attached hydrogen (secondary N) is 1. The predicted molar refractivity (Wildman–Crippen MR) is 83.4 cm³/mol. The molecule has 0 aromatic carbocycles. The number of hydrogen-bond donors (Lipinski definition) is 2. The molecule has 116 valence electrons. The van der Waals surface area contributed by atoms with Gasteiger partial charge in [0.15, 0.2) is 5.13 Å². The van der Waals surface area contributed by atoms with Crippen molar-refractivity contribution in [2.75, 3.05) is 37.7 Å². The third-order valence-corrected chi connectivity index (χ3v) is 4.21. The van der Waals surface area contributed by atoms with E-state index in [0.29, 0.717) is 23.1 Å². The molecule has 0 bridgehead atoms. The molecule has 7 nitrogen and oxygen atoms in total. The van der Waals surface area contributed by atoms with E-state index in [9.17, 15) is 9.59 Å². The van der Waals surface area contributed by atoms with Crippen LogP contribution in [0.4, 0.5) is 10.9 Å². The van der Waals surface area contributed by atoms with E-state index in [1.807, 2.05) is 13.8 Å². The number of anilines is 2. The van der Waals surface area contributed by atoms with Crippen molar-refractivity contribution in [1.82, 2.24) is 14.8 Å². The molecular weight excluding hydrogens is 290 g/mol. The van der Waals surface area contributed by atoms with E-state index in [1.165, 1.54) is 11.3 Å². The molecule has 2 amide bonds. The minimum atomic E-state index is -0.217. The van der Waals surface area contributed by atoms with Crippen LogP contribution in [0, 0.1) is 0 Å². The lowest BCUT2D eigenvalue weighted by atomic mass is 10.3. The first-order valence-corrected chi connectivity index (χ1v) is 7.76. The van der Waals surface area contributed by atoms with Crippen LogP contribution >= 0.6 is 11.3 Å². The van der Waals surface area contributed by atoms with Gasteiger partial charge in [-0.15, -0.1) is 0 Å². The number of nitrogens with zero attached hydrogens (tertiary/aromatic N) is 3. The SMILES string of the molecule is CC(C)Nc1nc(N)c(C(=O)N2CCCN(C)C(=O)C2)s1. The molecule has 1 fully saturated rings. The van der Waals surface area contributed by atoms with Crippen molar-refractivity contribution in [2.45, 2.75) is 26.3 Å². The van der Waals surface area contributed by atoms with Crippen LogP contribution in [0.15, 0.2) is 0 Å². The number of carbonyl (C=O) groups is 2. The monoisotopic (exact) mass is 311 g/mol. The zero-order valence-electron chi connectivity index (χ0n) is 12.5. The first-order chi connectivity index (χ1) is 9.88. The predicted octanol–water partition coefficient (Wildman–Crippen LogP) is 0.850. The molecule has 0 saturated carbocycles. The molecule has 0 atom stereocenters. The molecule has 0 unspecified atom stereocenters. The first kappa shape index (κ1) is 15.6. The molecule has 0 spiro atoms. The number of carbonyl (C=O) groups excluding carboxylic acids is 2. The summed E-state index contributed by atoms with van der Waals surface area (Å²) < 4.78 is 0. The normalized spacial score (nSPS) is 16.3. The van der Waals surface area contributed by atoms with Gasteiger partial charge in [0.25, 0.3) is 5.91 Å². The standard InChI is InChI=1S/C13H21N5O2S/c1-8(2)15-13-16-11(14)10(21-13)12(20)18-6-4-5-17(3)9(19)7-18/h8H,4-7,14H2,1-3H3,(H,15,16). The molecule has 3 N–H and O–H groups in total. The van der Waals surface area contributed by atoms with Crippen molar-refractivity contribution in [3.63, 3.8) is 0 Å². The number of rotatable bonds is 3. The Morgan fingerprint density at radius 1 is 1.43 bits per heavy atom. The largest absolute Gasteiger partial charge is 0.382 e. The Morgan fingerprint density at radius 3 is 2.81 bits per heavy atom. The molecule has 0 aliphatic carbocycles. The van der Waals surface area contributed by atoms with Gasteiger partial charge < -0.3 is 20.9 Å². The van der Waals surface area contributed by atoms with Crippen molar-refractivity contribution >= 4 is 34.1 Å². The van der Waals surface area contributed by atoms with Crippen LogP contribution in [-0.4, -0.2) is 59.3 Å². The van der Waals surface area contributed by atoms with Gasteiger partial charge in [0.2, 0.25) is 5.91 Å². The van der Waals surface area contributed by atoms with Crippen molar-refractivity contribution < 1.29 is 9.59 Å². The van der Waals surface area contributed by atoms with E-state index in [4.69, 9.17) is 5.73 Å². The summed E-state index contributed by atoms with van der Waals surface area (Å²) in [6, 6.07) is 0.215. The number of likely N-dealkylation sites (N-methyl/N-ethyl adjacent to an activating group) is 1. The number of hydrogen-bond acceptors (Lipinski definition) is 6. The van der Waals surface area contributed by atoms with Gasteiger partial charge in [0.05, 0.1) is 0 Å². The molecule has 21 heavy (non-hydrogen) atoms. The van der Waals surface area contributed by atoms with Gasteiger partial charge in [-0.1, -0.05) is 11.3 Å². The fourth-order valence-electron chi connectivity index (χ4n) is 2.10. The summed E-state index contributed by atoms with van der Waals surface area (Å²) in [7, 11) is 1.75. The highest BCUT2D eigenvalue weighted by molar-refractivity contribution is 7.18. The zero-order chi connectivity index (χ0) is 15.6.